The first-order chi connectivity index (χ1) is 8.28. The first-order valence-corrected chi connectivity index (χ1v) is 7.08. The van der Waals surface area contributed by atoms with Crippen molar-refractivity contribution in [1.82, 2.24) is 10.2 Å². The Hall–Kier alpha value is -0.590. The molecule has 1 saturated carbocycles. The van der Waals surface area contributed by atoms with E-state index in [1.165, 1.54) is 45.3 Å². The van der Waals surface area contributed by atoms with Gasteiger partial charge in [0.05, 0.1) is 6.07 Å². The summed E-state index contributed by atoms with van der Waals surface area (Å²) in [5.74, 6) is 0.870. The van der Waals surface area contributed by atoms with Crippen molar-refractivity contribution in [2.75, 3.05) is 32.7 Å². The Morgan fingerprint density at radius 3 is 2.59 bits per heavy atom. The molecule has 0 unspecified atom stereocenters. The smallest absolute Gasteiger partial charge is 0.0628 e. The van der Waals surface area contributed by atoms with Crippen molar-refractivity contribution in [2.45, 2.75) is 39.0 Å². The molecule has 1 saturated heterocycles. The number of nitrogens with zero attached hydrogens (tertiary/aromatic N) is 2. The minimum atomic E-state index is 0.373. The van der Waals surface area contributed by atoms with Gasteiger partial charge in [-0.1, -0.05) is 6.92 Å². The van der Waals surface area contributed by atoms with E-state index in [9.17, 15) is 0 Å². The maximum Gasteiger partial charge on any atom is 0.0628 e. The lowest BCUT2D eigenvalue weighted by atomic mass is 9.96. The van der Waals surface area contributed by atoms with Crippen LogP contribution in [0.15, 0.2) is 0 Å². The number of nitriles is 1. The van der Waals surface area contributed by atoms with Crippen LogP contribution in [-0.2, 0) is 0 Å². The van der Waals surface area contributed by atoms with Crippen molar-refractivity contribution in [3.8, 4) is 6.07 Å². The fourth-order valence-corrected chi connectivity index (χ4v) is 2.94. The highest BCUT2D eigenvalue weighted by Gasteiger charge is 2.43. The average molecular weight is 235 g/mol. The van der Waals surface area contributed by atoms with Crippen molar-refractivity contribution in [2.24, 2.45) is 11.3 Å². The largest absolute Gasteiger partial charge is 0.317 e. The van der Waals surface area contributed by atoms with Crippen LogP contribution in [0.3, 0.4) is 0 Å². The molecule has 0 spiro atoms. The number of hydrogen-bond donors (Lipinski definition) is 1. The molecule has 0 aromatic carbocycles. The van der Waals surface area contributed by atoms with Gasteiger partial charge in [-0.25, -0.2) is 0 Å². The van der Waals surface area contributed by atoms with Crippen LogP contribution in [-0.4, -0.2) is 37.6 Å². The molecule has 0 aromatic heterocycles. The lowest BCUT2D eigenvalue weighted by Gasteiger charge is -2.31. The Balaban J connectivity index is 1.78. The summed E-state index contributed by atoms with van der Waals surface area (Å²) in [6.07, 6.45) is 5.94. The van der Waals surface area contributed by atoms with Gasteiger partial charge in [-0.15, -0.1) is 0 Å². The molecule has 1 N–H and O–H groups in total. The number of rotatable bonds is 6. The highest BCUT2D eigenvalue weighted by atomic mass is 15.1. The highest BCUT2D eigenvalue weighted by Crippen LogP contribution is 2.49. The Morgan fingerprint density at radius 2 is 2.06 bits per heavy atom. The van der Waals surface area contributed by atoms with Crippen LogP contribution in [0.1, 0.15) is 39.0 Å². The van der Waals surface area contributed by atoms with Crippen molar-refractivity contribution >= 4 is 0 Å². The fraction of sp³-hybridized carbons (Fsp3) is 0.929. The summed E-state index contributed by atoms with van der Waals surface area (Å²) in [7, 11) is 0. The summed E-state index contributed by atoms with van der Waals surface area (Å²) in [6, 6.07) is 2.37. The zero-order chi connectivity index (χ0) is 12.1. The summed E-state index contributed by atoms with van der Waals surface area (Å²) in [4.78, 5) is 2.58. The number of piperidine rings is 1. The number of hydrogen-bond acceptors (Lipinski definition) is 3. The molecule has 2 rings (SSSR count). The lowest BCUT2D eigenvalue weighted by molar-refractivity contribution is 0.180. The van der Waals surface area contributed by atoms with Crippen molar-refractivity contribution in [3.05, 3.63) is 0 Å². The molecule has 0 radical (unpaired) electrons. The molecular weight excluding hydrogens is 210 g/mol. The SMILES string of the molecule is CCN(CC1CCNCC1)CC1(CC#N)CC1. The van der Waals surface area contributed by atoms with Crippen LogP contribution in [0.2, 0.25) is 0 Å². The Kier molecular flexibility index (Phi) is 4.42. The molecular formula is C14H25N3. The zero-order valence-electron chi connectivity index (χ0n) is 11.0. The monoisotopic (exact) mass is 235 g/mol. The molecule has 2 fully saturated rings. The van der Waals surface area contributed by atoms with E-state index in [0.717, 1.165) is 25.4 Å². The predicted octanol–water partition coefficient (Wildman–Crippen LogP) is 2.00. The van der Waals surface area contributed by atoms with Gasteiger partial charge >= 0.3 is 0 Å². The third kappa shape index (κ3) is 3.69. The van der Waals surface area contributed by atoms with Crippen LogP contribution in [0.5, 0.6) is 0 Å². The van der Waals surface area contributed by atoms with E-state index in [-0.39, 0.29) is 0 Å². The molecule has 0 aromatic rings. The first-order valence-electron chi connectivity index (χ1n) is 7.08. The summed E-state index contributed by atoms with van der Waals surface area (Å²) in [5, 5.41) is 12.3. The first kappa shape index (κ1) is 12.9. The van der Waals surface area contributed by atoms with Gasteiger partial charge in [-0.3, -0.25) is 0 Å². The maximum absolute atomic E-state index is 8.87. The van der Waals surface area contributed by atoms with Crippen LogP contribution < -0.4 is 5.32 Å². The van der Waals surface area contributed by atoms with E-state index in [1.807, 2.05) is 0 Å². The van der Waals surface area contributed by atoms with Gasteiger partial charge in [-0.2, -0.15) is 5.26 Å². The van der Waals surface area contributed by atoms with Crippen molar-refractivity contribution < 1.29 is 0 Å². The Bertz CT molecular complexity index is 272. The van der Waals surface area contributed by atoms with Gasteiger partial charge in [0.15, 0.2) is 0 Å². The van der Waals surface area contributed by atoms with Crippen LogP contribution in [0, 0.1) is 22.7 Å². The van der Waals surface area contributed by atoms with Gasteiger partial charge in [0.25, 0.3) is 0 Å². The second kappa shape index (κ2) is 5.84. The van der Waals surface area contributed by atoms with Gasteiger partial charge in [-0.05, 0) is 56.7 Å². The van der Waals surface area contributed by atoms with Crippen LogP contribution in [0.25, 0.3) is 0 Å². The predicted molar refractivity (Wildman–Crippen MR) is 69.6 cm³/mol. The minimum absolute atomic E-state index is 0.373. The summed E-state index contributed by atoms with van der Waals surface area (Å²) >= 11 is 0. The lowest BCUT2D eigenvalue weighted by Crippen LogP contribution is -2.38. The van der Waals surface area contributed by atoms with Gasteiger partial charge in [0, 0.05) is 19.5 Å². The van der Waals surface area contributed by atoms with Gasteiger partial charge < -0.3 is 10.2 Å². The van der Waals surface area contributed by atoms with E-state index < -0.39 is 0 Å². The molecule has 1 heterocycles. The third-order valence-electron chi connectivity index (χ3n) is 4.39. The molecule has 17 heavy (non-hydrogen) atoms. The fourth-order valence-electron chi connectivity index (χ4n) is 2.94. The zero-order valence-corrected chi connectivity index (χ0v) is 11.0. The minimum Gasteiger partial charge on any atom is -0.317 e. The third-order valence-corrected chi connectivity index (χ3v) is 4.39. The molecule has 96 valence electrons. The molecule has 1 aliphatic carbocycles. The van der Waals surface area contributed by atoms with Gasteiger partial charge in [0.2, 0.25) is 0 Å². The van der Waals surface area contributed by atoms with E-state index in [2.05, 4.69) is 23.2 Å². The molecule has 1 aliphatic heterocycles. The number of nitrogens with one attached hydrogen (secondary N) is 1. The summed E-state index contributed by atoms with van der Waals surface area (Å²) < 4.78 is 0. The molecule has 3 heteroatoms. The Labute approximate surface area is 105 Å². The van der Waals surface area contributed by atoms with Crippen molar-refractivity contribution in [1.29, 1.82) is 5.26 Å². The second-order valence-electron chi connectivity index (χ2n) is 5.86. The average Bonchev–Trinajstić information content (AvgIpc) is 3.10. The van der Waals surface area contributed by atoms with Crippen molar-refractivity contribution in [3.63, 3.8) is 0 Å². The van der Waals surface area contributed by atoms with Crippen LogP contribution >= 0.6 is 0 Å². The quantitative estimate of drug-likeness (QED) is 0.765. The Morgan fingerprint density at radius 1 is 1.35 bits per heavy atom. The van der Waals surface area contributed by atoms with E-state index in [4.69, 9.17) is 5.26 Å². The molecule has 3 nitrogen and oxygen atoms in total. The highest BCUT2D eigenvalue weighted by molar-refractivity contribution is 5.01. The topological polar surface area (TPSA) is 39.1 Å². The van der Waals surface area contributed by atoms with Crippen LogP contribution in [0.4, 0.5) is 0 Å². The standard InChI is InChI=1S/C14H25N3/c1-2-17(11-13-3-9-16-10-4-13)12-14(5-6-14)7-8-15/h13,16H,2-7,9-12H2,1H3. The molecule has 0 amide bonds. The summed E-state index contributed by atoms with van der Waals surface area (Å²) in [5.41, 5.74) is 0.373. The molecule has 0 atom stereocenters. The molecule has 0 bridgehead atoms. The van der Waals surface area contributed by atoms with E-state index in [0.29, 0.717) is 5.41 Å². The normalized spacial score (nSPS) is 23.6. The maximum atomic E-state index is 8.87. The van der Waals surface area contributed by atoms with E-state index in [1.54, 1.807) is 0 Å². The van der Waals surface area contributed by atoms with E-state index >= 15 is 0 Å². The van der Waals surface area contributed by atoms with Gasteiger partial charge in [0.1, 0.15) is 0 Å². The molecule has 2 aliphatic rings. The summed E-state index contributed by atoms with van der Waals surface area (Å²) in [6.45, 7) is 8.16. The second-order valence-corrected chi connectivity index (χ2v) is 5.86.